The van der Waals surface area contributed by atoms with Gasteiger partial charge in [0.05, 0.1) is 0 Å². The highest BCUT2D eigenvalue weighted by atomic mass is 16.5. The number of nitrogens with zero attached hydrogens (tertiary/aromatic N) is 5. The van der Waals surface area contributed by atoms with Crippen molar-refractivity contribution in [1.29, 1.82) is 0 Å². The second-order valence-corrected chi connectivity index (χ2v) is 8.18. The van der Waals surface area contributed by atoms with Gasteiger partial charge in [-0.25, -0.2) is 4.98 Å². The first kappa shape index (κ1) is 20.4. The monoisotopic (exact) mass is 409 g/mol. The topological polar surface area (TPSA) is 61.8 Å². The van der Waals surface area contributed by atoms with E-state index in [2.05, 4.69) is 14.8 Å². The van der Waals surface area contributed by atoms with E-state index in [1.165, 1.54) is 24.8 Å². The summed E-state index contributed by atoms with van der Waals surface area (Å²) in [5.74, 6) is 2.57. The van der Waals surface area contributed by atoms with Crippen molar-refractivity contribution >= 4 is 17.7 Å². The molecule has 7 nitrogen and oxygen atoms in total. The van der Waals surface area contributed by atoms with Crippen LogP contribution >= 0.6 is 0 Å². The first-order valence-corrected chi connectivity index (χ1v) is 10.9. The maximum Gasteiger partial charge on any atom is 0.260 e. The number of carbonyl (C=O) groups excluding carboxylic acids is 1. The molecule has 1 aromatic carbocycles. The Balaban J connectivity index is 1.32. The van der Waals surface area contributed by atoms with Crippen molar-refractivity contribution in [2.24, 2.45) is 0 Å². The fourth-order valence-corrected chi connectivity index (χ4v) is 3.99. The van der Waals surface area contributed by atoms with Crippen LogP contribution in [0.5, 0.6) is 5.75 Å². The van der Waals surface area contributed by atoms with Crippen molar-refractivity contribution in [3.05, 3.63) is 41.6 Å². The molecule has 2 aromatic rings. The molecule has 2 aliphatic rings. The van der Waals surface area contributed by atoms with E-state index in [0.29, 0.717) is 13.1 Å². The number of piperazine rings is 1. The zero-order valence-electron chi connectivity index (χ0n) is 18.0. The van der Waals surface area contributed by atoms with E-state index in [1.54, 1.807) is 0 Å². The number of hydrogen-bond donors (Lipinski definition) is 0. The minimum atomic E-state index is 0.0306. The number of ether oxygens (including phenoxy) is 1. The van der Waals surface area contributed by atoms with Crippen LogP contribution in [0.3, 0.4) is 0 Å². The molecular formula is C23H31N5O2. The van der Waals surface area contributed by atoms with Gasteiger partial charge in [-0.1, -0.05) is 17.7 Å². The van der Waals surface area contributed by atoms with Gasteiger partial charge >= 0.3 is 0 Å². The molecule has 0 spiro atoms. The summed E-state index contributed by atoms with van der Waals surface area (Å²) in [6.07, 6.45) is 3.70. The van der Waals surface area contributed by atoms with Crippen molar-refractivity contribution in [1.82, 2.24) is 14.9 Å². The highest BCUT2D eigenvalue weighted by Gasteiger charge is 2.23. The third kappa shape index (κ3) is 5.01. The van der Waals surface area contributed by atoms with Crippen LogP contribution in [0.4, 0.5) is 11.8 Å². The van der Waals surface area contributed by atoms with Gasteiger partial charge in [-0.3, -0.25) is 4.79 Å². The number of carbonyl (C=O) groups is 1. The van der Waals surface area contributed by atoms with Crippen molar-refractivity contribution in [3.8, 4) is 5.75 Å². The Bertz CT molecular complexity index is 856. The van der Waals surface area contributed by atoms with Crippen LogP contribution in [0.2, 0.25) is 0 Å². The molecule has 0 radical (unpaired) electrons. The summed E-state index contributed by atoms with van der Waals surface area (Å²) in [6.45, 7) is 9.10. The third-order valence-electron chi connectivity index (χ3n) is 5.81. The Labute approximate surface area is 178 Å². The maximum atomic E-state index is 12.5. The molecule has 2 fully saturated rings. The average molecular weight is 410 g/mol. The van der Waals surface area contributed by atoms with E-state index in [4.69, 9.17) is 9.72 Å². The van der Waals surface area contributed by atoms with Crippen molar-refractivity contribution in [2.45, 2.75) is 33.1 Å². The number of anilines is 2. The van der Waals surface area contributed by atoms with Crippen molar-refractivity contribution < 1.29 is 9.53 Å². The van der Waals surface area contributed by atoms with E-state index in [-0.39, 0.29) is 12.5 Å². The van der Waals surface area contributed by atoms with Crippen LogP contribution in [-0.4, -0.2) is 66.7 Å². The van der Waals surface area contributed by atoms with Crippen molar-refractivity contribution in [3.63, 3.8) is 0 Å². The Morgan fingerprint density at radius 1 is 0.900 bits per heavy atom. The lowest BCUT2D eigenvalue weighted by Gasteiger charge is -2.36. The standard InChI is InChI=1S/C23H31N5O2/c1-18-6-8-20(9-7-18)30-17-22(29)27-14-12-26(13-15-27)21-16-19(2)24-23(25-21)28-10-4-3-5-11-28/h6-9,16H,3-5,10-15,17H2,1-2H3. The Hall–Kier alpha value is -2.83. The summed E-state index contributed by atoms with van der Waals surface area (Å²) < 4.78 is 5.66. The lowest BCUT2D eigenvalue weighted by molar-refractivity contribution is -0.133. The van der Waals surface area contributed by atoms with E-state index < -0.39 is 0 Å². The lowest BCUT2D eigenvalue weighted by Crippen LogP contribution is -2.50. The molecule has 2 aliphatic heterocycles. The second-order valence-electron chi connectivity index (χ2n) is 8.18. The first-order chi connectivity index (χ1) is 14.6. The molecule has 0 aliphatic carbocycles. The molecule has 2 saturated heterocycles. The molecule has 30 heavy (non-hydrogen) atoms. The van der Waals surface area contributed by atoms with Crippen LogP contribution in [-0.2, 0) is 4.79 Å². The number of piperidine rings is 1. The SMILES string of the molecule is Cc1ccc(OCC(=O)N2CCN(c3cc(C)nc(N4CCCCC4)n3)CC2)cc1. The largest absolute Gasteiger partial charge is 0.484 e. The zero-order valence-corrected chi connectivity index (χ0v) is 18.0. The number of aromatic nitrogens is 2. The van der Waals surface area contributed by atoms with Gasteiger partial charge in [0.2, 0.25) is 5.95 Å². The van der Waals surface area contributed by atoms with Crippen LogP contribution < -0.4 is 14.5 Å². The number of aryl methyl sites for hydroxylation is 2. The van der Waals surface area contributed by atoms with Gasteiger partial charge in [0.15, 0.2) is 6.61 Å². The minimum Gasteiger partial charge on any atom is -0.484 e. The number of amides is 1. The molecule has 3 heterocycles. The van der Waals surface area contributed by atoms with Crippen molar-refractivity contribution in [2.75, 3.05) is 55.7 Å². The van der Waals surface area contributed by atoms with E-state index >= 15 is 0 Å². The molecule has 0 atom stereocenters. The molecule has 0 bridgehead atoms. The molecule has 0 unspecified atom stereocenters. The van der Waals surface area contributed by atoms with Gasteiger partial charge in [0.25, 0.3) is 5.91 Å². The lowest BCUT2D eigenvalue weighted by atomic mass is 10.1. The summed E-state index contributed by atoms with van der Waals surface area (Å²) >= 11 is 0. The van der Waals surface area contributed by atoms with Gasteiger partial charge in [0.1, 0.15) is 11.6 Å². The number of benzene rings is 1. The average Bonchev–Trinajstić information content (AvgIpc) is 2.79. The van der Waals surface area contributed by atoms with Gasteiger partial charge in [-0.2, -0.15) is 4.98 Å². The van der Waals surface area contributed by atoms with Gasteiger partial charge in [-0.05, 0) is 45.2 Å². The Kier molecular flexibility index (Phi) is 6.35. The van der Waals surface area contributed by atoms with E-state index in [9.17, 15) is 4.79 Å². The number of hydrogen-bond acceptors (Lipinski definition) is 6. The summed E-state index contributed by atoms with van der Waals surface area (Å²) in [5.41, 5.74) is 2.17. The van der Waals surface area contributed by atoms with Gasteiger partial charge in [-0.15, -0.1) is 0 Å². The summed E-state index contributed by atoms with van der Waals surface area (Å²) in [4.78, 5) is 28.5. The predicted molar refractivity (Wildman–Crippen MR) is 118 cm³/mol. The summed E-state index contributed by atoms with van der Waals surface area (Å²) in [5, 5.41) is 0. The molecule has 0 N–H and O–H groups in total. The van der Waals surface area contributed by atoms with Crippen LogP contribution in [0.1, 0.15) is 30.5 Å². The fourth-order valence-electron chi connectivity index (χ4n) is 3.99. The molecule has 4 rings (SSSR count). The van der Waals surface area contributed by atoms with E-state index in [0.717, 1.165) is 49.4 Å². The maximum absolute atomic E-state index is 12.5. The molecule has 7 heteroatoms. The molecule has 1 aromatic heterocycles. The molecule has 160 valence electrons. The minimum absolute atomic E-state index is 0.0306. The van der Waals surface area contributed by atoms with Crippen LogP contribution in [0.15, 0.2) is 30.3 Å². The van der Waals surface area contributed by atoms with Gasteiger partial charge in [0, 0.05) is 51.0 Å². The van der Waals surface area contributed by atoms with E-state index in [1.807, 2.05) is 49.1 Å². The van der Waals surface area contributed by atoms with Gasteiger partial charge < -0.3 is 19.4 Å². The molecule has 0 saturated carbocycles. The quantitative estimate of drug-likeness (QED) is 0.757. The Morgan fingerprint density at radius 3 is 2.30 bits per heavy atom. The third-order valence-corrected chi connectivity index (χ3v) is 5.81. The highest BCUT2D eigenvalue weighted by molar-refractivity contribution is 5.78. The predicted octanol–water partition coefficient (Wildman–Crippen LogP) is 2.81. The summed E-state index contributed by atoms with van der Waals surface area (Å²) in [6, 6.07) is 9.82. The summed E-state index contributed by atoms with van der Waals surface area (Å²) in [7, 11) is 0. The molecule has 1 amide bonds. The van der Waals surface area contributed by atoms with Crippen LogP contribution in [0, 0.1) is 13.8 Å². The zero-order chi connectivity index (χ0) is 20.9. The Morgan fingerprint density at radius 2 is 1.60 bits per heavy atom. The highest BCUT2D eigenvalue weighted by Crippen LogP contribution is 2.21. The number of rotatable bonds is 5. The smallest absolute Gasteiger partial charge is 0.260 e. The molecular weight excluding hydrogens is 378 g/mol. The first-order valence-electron chi connectivity index (χ1n) is 10.9. The fraction of sp³-hybridized carbons (Fsp3) is 0.522. The van der Waals surface area contributed by atoms with Crippen LogP contribution in [0.25, 0.3) is 0 Å². The normalized spacial score (nSPS) is 17.2. The second kappa shape index (κ2) is 9.32.